The Labute approximate surface area is 348 Å². The highest BCUT2D eigenvalue weighted by atomic mass is 16.6. The molecule has 0 unspecified atom stereocenters. The Kier molecular flexibility index (Phi) is 41.8. The fourth-order valence-corrected chi connectivity index (χ4v) is 7.46. The Morgan fingerprint density at radius 2 is 0.589 bits per heavy atom. The lowest BCUT2D eigenvalue weighted by molar-refractivity contribution is -0.167. The van der Waals surface area contributed by atoms with Gasteiger partial charge in [-0.1, -0.05) is 234 Å². The average molecular weight is 793 g/mol. The fourth-order valence-electron chi connectivity index (χ4n) is 7.46. The summed E-state index contributed by atoms with van der Waals surface area (Å²) in [5.41, 5.74) is 0. The molecule has 0 aromatic rings. The van der Waals surface area contributed by atoms with Crippen molar-refractivity contribution in [3.8, 4) is 0 Å². The van der Waals surface area contributed by atoms with E-state index >= 15 is 0 Å². The van der Waals surface area contributed by atoms with Gasteiger partial charge in [-0.05, 0) is 31.1 Å². The minimum atomic E-state index is -0.760. The Hall–Kier alpha value is -1.59. The molecule has 0 amide bonds. The predicted molar refractivity (Wildman–Crippen MR) is 238 cm³/mol. The molecule has 0 aromatic heterocycles. The van der Waals surface area contributed by atoms with Crippen molar-refractivity contribution in [3.63, 3.8) is 0 Å². The maximum atomic E-state index is 12.7. The molecule has 0 saturated heterocycles. The van der Waals surface area contributed by atoms with Crippen molar-refractivity contribution in [2.75, 3.05) is 13.2 Å². The molecular weight excluding hydrogens is 697 g/mol. The number of ether oxygens (including phenoxy) is 3. The molecule has 0 aromatic carbocycles. The van der Waals surface area contributed by atoms with E-state index in [1.165, 1.54) is 161 Å². The van der Waals surface area contributed by atoms with E-state index in [0.29, 0.717) is 19.3 Å². The first-order chi connectivity index (χ1) is 27.2. The van der Waals surface area contributed by atoms with Crippen molar-refractivity contribution in [1.82, 2.24) is 0 Å². The lowest BCUT2D eigenvalue weighted by Gasteiger charge is -2.18. The van der Waals surface area contributed by atoms with E-state index < -0.39 is 6.10 Å². The van der Waals surface area contributed by atoms with Gasteiger partial charge in [0.15, 0.2) is 6.10 Å². The zero-order valence-electron chi connectivity index (χ0n) is 38.3. The van der Waals surface area contributed by atoms with E-state index in [1.807, 2.05) is 0 Å². The number of hydrogen-bond acceptors (Lipinski definition) is 6. The number of unbranched alkanes of at least 4 members (excludes halogenated alkanes) is 29. The van der Waals surface area contributed by atoms with E-state index in [9.17, 15) is 14.4 Å². The van der Waals surface area contributed by atoms with Crippen molar-refractivity contribution >= 4 is 17.9 Å². The molecule has 0 rings (SSSR count). The zero-order chi connectivity index (χ0) is 41.2. The lowest BCUT2D eigenvalue weighted by Crippen LogP contribution is -2.30. The van der Waals surface area contributed by atoms with Gasteiger partial charge in [-0.2, -0.15) is 0 Å². The van der Waals surface area contributed by atoms with Gasteiger partial charge in [0.1, 0.15) is 13.2 Å². The third-order valence-electron chi connectivity index (χ3n) is 11.2. The maximum Gasteiger partial charge on any atom is 0.306 e. The molecule has 0 heterocycles. The van der Waals surface area contributed by atoms with Crippen LogP contribution in [0.1, 0.15) is 272 Å². The van der Waals surface area contributed by atoms with Gasteiger partial charge in [0.25, 0.3) is 0 Å². The first-order valence-corrected chi connectivity index (χ1v) is 24.7. The summed E-state index contributed by atoms with van der Waals surface area (Å²) in [6.45, 7) is 11.3. The number of esters is 3. The van der Waals surface area contributed by atoms with Crippen LogP contribution in [0.15, 0.2) is 0 Å². The number of carbonyl (C=O) groups excluding carboxylic acids is 3. The van der Waals surface area contributed by atoms with Crippen LogP contribution in [-0.2, 0) is 28.6 Å². The molecule has 0 aliphatic carbocycles. The predicted octanol–water partition coefficient (Wildman–Crippen LogP) is 15.8. The summed E-state index contributed by atoms with van der Waals surface area (Å²) in [5.74, 6) is 0.800. The molecule has 0 spiro atoms. The van der Waals surface area contributed by atoms with Crippen LogP contribution in [0.25, 0.3) is 0 Å². The Morgan fingerprint density at radius 3 is 0.875 bits per heavy atom. The van der Waals surface area contributed by atoms with Crippen molar-refractivity contribution in [1.29, 1.82) is 0 Å². The summed E-state index contributed by atoms with van der Waals surface area (Å²) in [7, 11) is 0. The Morgan fingerprint density at radius 1 is 0.339 bits per heavy atom. The summed E-state index contributed by atoms with van der Waals surface area (Å²) < 4.78 is 16.8. The molecule has 0 N–H and O–H groups in total. The number of rotatable bonds is 44. The summed E-state index contributed by atoms with van der Waals surface area (Å²) in [6.07, 6.45) is 42.3. The van der Waals surface area contributed by atoms with Gasteiger partial charge in [0, 0.05) is 19.3 Å². The highest BCUT2D eigenvalue weighted by Crippen LogP contribution is 2.17. The second kappa shape index (κ2) is 43.0. The molecule has 0 fully saturated rings. The molecule has 0 bridgehead atoms. The first-order valence-electron chi connectivity index (χ1n) is 24.7. The minimum Gasteiger partial charge on any atom is -0.462 e. The smallest absolute Gasteiger partial charge is 0.306 e. The molecule has 6 heteroatoms. The number of carbonyl (C=O) groups is 3. The lowest BCUT2D eigenvalue weighted by atomic mass is 10.0. The van der Waals surface area contributed by atoms with Crippen LogP contribution < -0.4 is 0 Å². The SMILES string of the molecule is CCCCCCCCCCCCC(=O)O[C@@H](COC(=O)CCCCCCCCCCCCCCC(C)C)COC(=O)CCCCCCCCCCCCC(C)C. The largest absolute Gasteiger partial charge is 0.462 e. The molecule has 0 aliphatic rings. The van der Waals surface area contributed by atoms with Crippen molar-refractivity contribution < 1.29 is 28.6 Å². The normalized spacial score (nSPS) is 12.1. The monoisotopic (exact) mass is 793 g/mol. The summed E-state index contributed by atoms with van der Waals surface area (Å²) in [6, 6.07) is 0. The van der Waals surface area contributed by atoms with Gasteiger partial charge in [0.2, 0.25) is 0 Å². The molecule has 0 radical (unpaired) electrons. The van der Waals surface area contributed by atoms with Crippen LogP contribution in [0.5, 0.6) is 0 Å². The van der Waals surface area contributed by atoms with E-state index in [-0.39, 0.29) is 31.1 Å². The molecular formula is C50H96O6. The van der Waals surface area contributed by atoms with Gasteiger partial charge < -0.3 is 14.2 Å². The van der Waals surface area contributed by atoms with Crippen LogP contribution in [0.4, 0.5) is 0 Å². The van der Waals surface area contributed by atoms with Gasteiger partial charge in [-0.25, -0.2) is 0 Å². The van der Waals surface area contributed by atoms with Crippen LogP contribution in [0.3, 0.4) is 0 Å². The van der Waals surface area contributed by atoms with Crippen LogP contribution in [0.2, 0.25) is 0 Å². The molecule has 0 aliphatic heterocycles. The van der Waals surface area contributed by atoms with Gasteiger partial charge in [-0.3, -0.25) is 14.4 Å². The molecule has 1 atom stereocenters. The Bertz CT molecular complexity index is 854. The Balaban J connectivity index is 4.29. The zero-order valence-corrected chi connectivity index (χ0v) is 38.3. The van der Waals surface area contributed by atoms with Crippen LogP contribution in [0, 0.1) is 11.8 Å². The summed E-state index contributed by atoms with van der Waals surface area (Å²) in [5, 5.41) is 0. The average Bonchev–Trinajstić information content (AvgIpc) is 3.16. The maximum absolute atomic E-state index is 12.7. The van der Waals surface area contributed by atoms with Crippen molar-refractivity contribution in [2.24, 2.45) is 11.8 Å². The molecule has 56 heavy (non-hydrogen) atoms. The third kappa shape index (κ3) is 43.5. The molecule has 332 valence electrons. The second-order valence-corrected chi connectivity index (χ2v) is 18.1. The molecule has 6 nitrogen and oxygen atoms in total. The third-order valence-corrected chi connectivity index (χ3v) is 11.2. The van der Waals surface area contributed by atoms with E-state index in [1.54, 1.807) is 0 Å². The quantitative estimate of drug-likeness (QED) is 0.0347. The summed E-state index contributed by atoms with van der Waals surface area (Å²) in [4.78, 5) is 37.8. The fraction of sp³-hybridized carbons (Fsp3) is 0.940. The van der Waals surface area contributed by atoms with Crippen molar-refractivity contribution in [2.45, 2.75) is 278 Å². The summed E-state index contributed by atoms with van der Waals surface area (Å²) >= 11 is 0. The highest BCUT2D eigenvalue weighted by molar-refractivity contribution is 5.71. The van der Waals surface area contributed by atoms with E-state index in [4.69, 9.17) is 14.2 Å². The number of hydrogen-bond donors (Lipinski definition) is 0. The van der Waals surface area contributed by atoms with Gasteiger partial charge in [-0.15, -0.1) is 0 Å². The van der Waals surface area contributed by atoms with Crippen LogP contribution >= 0.6 is 0 Å². The topological polar surface area (TPSA) is 78.9 Å². The van der Waals surface area contributed by atoms with Crippen LogP contribution in [-0.4, -0.2) is 37.2 Å². The second-order valence-electron chi connectivity index (χ2n) is 18.1. The standard InChI is InChI=1S/C50H96O6/c1-6-7-8-9-10-11-20-27-32-37-42-50(53)56-47(44-55-49(52)41-36-31-26-22-17-16-19-24-29-34-39-46(4)5)43-54-48(51)40-35-30-25-21-15-13-12-14-18-23-28-33-38-45(2)3/h45-47H,6-44H2,1-5H3/t47-/m0/s1. The minimum absolute atomic E-state index is 0.0641. The highest BCUT2D eigenvalue weighted by Gasteiger charge is 2.19. The van der Waals surface area contributed by atoms with E-state index in [0.717, 1.165) is 69.6 Å². The van der Waals surface area contributed by atoms with E-state index in [2.05, 4.69) is 34.6 Å². The first kappa shape index (κ1) is 54.4. The van der Waals surface area contributed by atoms with Crippen molar-refractivity contribution in [3.05, 3.63) is 0 Å². The van der Waals surface area contributed by atoms with Gasteiger partial charge in [0.05, 0.1) is 0 Å². The van der Waals surface area contributed by atoms with Gasteiger partial charge >= 0.3 is 17.9 Å². The molecule has 0 saturated carbocycles.